The molecule has 0 spiro atoms. The summed E-state index contributed by atoms with van der Waals surface area (Å²) in [5.41, 5.74) is 2.97. The molecule has 5 rings (SSSR count). The van der Waals surface area contributed by atoms with Crippen molar-refractivity contribution in [3.8, 4) is 0 Å². The highest BCUT2D eigenvalue weighted by molar-refractivity contribution is 7.89. The molecule has 0 fully saturated rings. The van der Waals surface area contributed by atoms with Gasteiger partial charge in [0.15, 0.2) is 11.5 Å². The Morgan fingerprint density at radius 2 is 1.91 bits per heavy atom. The van der Waals surface area contributed by atoms with Gasteiger partial charge in [-0.3, -0.25) is 9.20 Å². The van der Waals surface area contributed by atoms with Crippen LogP contribution in [0.1, 0.15) is 46.2 Å². The molecule has 0 saturated carbocycles. The summed E-state index contributed by atoms with van der Waals surface area (Å²) in [6.45, 7) is 0.131. The van der Waals surface area contributed by atoms with Gasteiger partial charge in [-0.25, -0.2) is 13.1 Å². The zero-order chi connectivity index (χ0) is 23.7. The zero-order valence-corrected chi connectivity index (χ0v) is 19.7. The van der Waals surface area contributed by atoms with Gasteiger partial charge in [0.25, 0.3) is 5.91 Å². The summed E-state index contributed by atoms with van der Waals surface area (Å²) in [4.78, 5) is 12.7. The van der Waals surface area contributed by atoms with E-state index in [1.54, 1.807) is 10.6 Å². The lowest BCUT2D eigenvalue weighted by Crippen LogP contribution is -2.31. The molecular weight excluding hydrogens is 474 g/mol. The predicted molar refractivity (Wildman–Crippen MR) is 128 cm³/mol. The molecule has 0 saturated heterocycles. The molecule has 2 N–H and O–H groups in total. The highest BCUT2D eigenvalue weighted by Crippen LogP contribution is 2.32. The molecule has 0 unspecified atom stereocenters. The number of nitrogens with zero attached hydrogens (tertiary/aromatic N) is 3. The average molecular weight is 496 g/mol. The van der Waals surface area contributed by atoms with Crippen LogP contribution in [-0.4, -0.2) is 28.9 Å². The summed E-state index contributed by atoms with van der Waals surface area (Å²) >= 11 is 6.25. The molecule has 34 heavy (non-hydrogen) atoms. The fourth-order valence-electron chi connectivity index (χ4n) is 4.25. The predicted octanol–water partition coefficient (Wildman–Crippen LogP) is 3.67. The Balaban J connectivity index is 1.35. The Labute approximate surface area is 202 Å². The Hall–Kier alpha value is -3.27. The number of halogens is 1. The highest BCUT2D eigenvalue weighted by atomic mass is 35.5. The topological polar surface area (TPSA) is 105 Å². The maximum absolute atomic E-state index is 13.2. The van der Waals surface area contributed by atoms with Gasteiger partial charge in [-0.05, 0) is 60.7 Å². The lowest BCUT2D eigenvalue weighted by Gasteiger charge is -2.26. The normalized spacial score (nSPS) is 15.7. The van der Waals surface area contributed by atoms with Crippen molar-refractivity contribution in [2.24, 2.45) is 0 Å². The van der Waals surface area contributed by atoms with Gasteiger partial charge in [0.05, 0.1) is 11.6 Å². The molecule has 1 aliphatic carbocycles. The van der Waals surface area contributed by atoms with Crippen LogP contribution in [0.2, 0.25) is 5.02 Å². The van der Waals surface area contributed by atoms with E-state index in [4.69, 9.17) is 11.6 Å². The fourth-order valence-corrected chi connectivity index (χ4v) is 6.03. The van der Waals surface area contributed by atoms with Crippen LogP contribution in [0.4, 0.5) is 0 Å². The molecular formula is C24H22ClN5O3S. The number of hydrogen-bond acceptors (Lipinski definition) is 5. The number of benzene rings is 2. The van der Waals surface area contributed by atoms with Crippen LogP contribution in [0.25, 0.3) is 5.65 Å². The van der Waals surface area contributed by atoms with Crippen LogP contribution in [0.15, 0.2) is 71.8 Å². The summed E-state index contributed by atoms with van der Waals surface area (Å²) in [6.07, 6.45) is 4.31. The number of amides is 1. The molecule has 2 aromatic heterocycles. The monoisotopic (exact) mass is 495 g/mol. The summed E-state index contributed by atoms with van der Waals surface area (Å²) < 4.78 is 31.0. The number of hydrogen-bond donors (Lipinski definition) is 2. The van der Waals surface area contributed by atoms with Gasteiger partial charge in [-0.2, -0.15) is 0 Å². The maximum atomic E-state index is 13.2. The van der Waals surface area contributed by atoms with E-state index in [0.717, 1.165) is 24.0 Å². The zero-order valence-electron chi connectivity index (χ0n) is 18.1. The molecule has 10 heteroatoms. The van der Waals surface area contributed by atoms with Gasteiger partial charge in [0, 0.05) is 17.8 Å². The van der Waals surface area contributed by atoms with Crippen molar-refractivity contribution in [3.05, 3.63) is 94.4 Å². The molecule has 0 radical (unpaired) electrons. The summed E-state index contributed by atoms with van der Waals surface area (Å²) in [5.74, 6) is 0.118. The average Bonchev–Trinajstić information content (AvgIpc) is 3.26. The van der Waals surface area contributed by atoms with Gasteiger partial charge in [0.2, 0.25) is 10.0 Å². The minimum Gasteiger partial charge on any atom is -0.345 e. The molecule has 2 heterocycles. The summed E-state index contributed by atoms with van der Waals surface area (Å²) in [7, 11) is -3.96. The first kappa shape index (κ1) is 22.5. The van der Waals surface area contributed by atoms with E-state index in [1.807, 2.05) is 42.5 Å². The molecule has 1 amide bonds. The quantitative estimate of drug-likeness (QED) is 0.424. The Kier molecular flexibility index (Phi) is 6.07. The fraction of sp³-hybridized carbons (Fsp3) is 0.208. The highest BCUT2D eigenvalue weighted by Gasteiger charge is 2.27. The molecule has 0 aliphatic heterocycles. The van der Waals surface area contributed by atoms with E-state index >= 15 is 0 Å². The third-order valence-electron chi connectivity index (χ3n) is 5.94. The van der Waals surface area contributed by atoms with Gasteiger partial charge in [0.1, 0.15) is 4.90 Å². The SMILES string of the molecule is O=C(NCc1nnc2ccccn12)c1ccc(Cl)c(S(=O)(=O)N[C@@H]2CCCc3ccccc32)c1. The first-order valence-electron chi connectivity index (χ1n) is 10.9. The number of rotatable bonds is 6. The molecule has 1 atom stereocenters. The second-order valence-electron chi connectivity index (χ2n) is 8.14. The number of aromatic nitrogens is 3. The van der Waals surface area contributed by atoms with E-state index in [2.05, 4.69) is 20.2 Å². The van der Waals surface area contributed by atoms with E-state index < -0.39 is 15.9 Å². The first-order valence-corrected chi connectivity index (χ1v) is 12.7. The Morgan fingerprint density at radius 1 is 1.09 bits per heavy atom. The molecule has 174 valence electrons. The number of aryl methyl sites for hydroxylation is 1. The van der Waals surface area contributed by atoms with Crippen molar-refractivity contribution < 1.29 is 13.2 Å². The van der Waals surface area contributed by atoms with Crippen LogP contribution in [-0.2, 0) is 23.0 Å². The molecule has 2 aromatic carbocycles. The lowest BCUT2D eigenvalue weighted by atomic mass is 9.88. The van der Waals surface area contributed by atoms with Gasteiger partial charge in [-0.1, -0.05) is 41.9 Å². The molecule has 8 nitrogen and oxygen atoms in total. The van der Waals surface area contributed by atoms with Crippen LogP contribution in [0, 0.1) is 0 Å². The standard InChI is InChI=1S/C24H22ClN5O3S/c25-19-12-11-17(24(31)26-15-23-28-27-22-10-3-4-13-30(22)23)14-21(19)34(32,33)29-20-9-5-7-16-6-1-2-8-18(16)20/h1-4,6,8,10-14,20,29H,5,7,9,15H2,(H,26,31)/t20-/m1/s1. The van der Waals surface area contributed by atoms with E-state index in [-0.39, 0.29) is 28.1 Å². The largest absolute Gasteiger partial charge is 0.345 e. The number of nitrogens with one attached hydrogen (secondary N) is 2. The van der Waals surface area contributed by atoms with Crippen molar-refractivity contribution >= 4 is 33.2 Å². The number of pyridine rings is 1. The van der Waals surface area contributed by atoms with Crippen LogP contribution < -0.4 is 10.0 Å². The lowest BCUT2D eigenvalue weighted by molar-refractivity contribution is 0.0949. The second kappa shape index (κ2) is 9.17. The minimum atomic E-state index is -3.96. The van der Waals surface area contributed by atoms with Crippen molar-refractivity contribution in [2.45, 2.75) is 36.7 Å². The molecule has 1 aliphatic rings. The van der Waals surface area contributed by atoms with Gasteiger partial charge in [-0.15, -0.1) is 10.2 Å². The van der Waals surface area contributed by atoms with Crippen molar-refractivity contribution in [1.82, 2.24) is 24.6 Å². The van der Waals surface area contributed by atoms with Crippen molar-refractivity contribution in [2.75, 3.05) is 0 Å². The summed E-state index contributed by atoms with van der Waals surface area (Å²) in [5, 5.41) is 11.0. The Bertz CT molecular complexity index is 1490. The van der Waals surface area contributed by atoms with E-state index in [0.29, 0.717) is 17.9 Å². The molecule has 0 bridgehead atoms. The smallest absolute Gasteiger partial charge is 0.251 e. The van der Waals surface area contributed by atoms with Gasteiger partial charge < -0.3 is 5.32 Å². The van der Waals surface area contributed by atoms with Crippen molar-refractivity contribution in [1.29, 1.82) is 0 Å². The molecule has 4 aromatic rings. The number of sulfonamides is 1. The number of fused-ring (bicyclic) bond motifs is 2. The van der Waals surface area contributed by atoms with Crippen LogP contribution >= 0.6 is 11.6 Å². The third kappa shape index (κ3) is 4.42. The van der Waals surface area contributed by atoms with E-state index in [9.17, 15) is 13.2 Å². The second-order valence-corrected chi connectivity index (χ2v) is 10.2. The minimum absolute atomic E-state index is 0.0524. The number of carbonyl (C=O) groups excluding carboxylic acids is 1. The van der Waals surface area contributed by atoms with Crippen LogP contribution in [0.3, 0.4) is 0 Å². The van der Waals surface area contributed by atoms with Crippen molar-refractivity contribution in [3.63, 3.8) is 0 Å². The number of carbonyl (C=O) groups is 1. The maximum Gasteiger partial charge on any atom is 0.251 e. The first-order chi connectivity index (χ1) is 16.4. The van der Waals surface area contributed by atoms with E-state index in [1.165, 1.54) is 18.2 Å². The third-order valence-corrected chi connectivity index (χ3v) is 7.89. The van der Waals surface area contributed by atoms with Gasteiger partial charge >= 0.3 is 0 Å². The summed E-state index contributed by atoms with van der Waals surface area (Å²) in [6, 6.07) is 17.2. The van der Waals surface area contributed by atoms with Crippen LogP contribution in [0.5, 0.6) is 0 Å². The Morgan fingerprint density at radius 3 is 2.79 bits per heavy atom.